The maximum atomic E-state index is 13.0. The summed E-state index contributed by atoms with van der Waals surface area (Å²) >= 11 is 0. The molecule has 0 saturated heterocycles. The second kappa shape index (κ2) is 16.5. The van der Waals surface area contributed by atoms with Crippen molar-refractivity contribution in [1.82, 2.24) is 0 Å². The van der Waals surface area contributed by atoms with Gasteiger partial charge in [0.25, 0.3) is 0 Å². The first-order chi connectivity index (χ1) is 19.4. The highest BCUT2D eigenvalue weighted by Crippen LogP contribution is 2.29. The number of hydrogen-bond acceptors (Lipinski definition) is 8. The Balaban J connectivity index is 1.64. The molecule has 8 heteroatoms. The van der Waals surface area contributed by atoms with Gasteiger partial charge >= 0.3 is 0 Å². The number of aliphatic hydroxyl groups excluding tert-OH is 3. The Morgan fingerprint density at radius 3 is 1.65 bits per heavy atom. The van der Waals surface area contributed by atoms with Gasteiger partial charge in [0.1, 0.15) is 11.5 Å². The van der Waals surface area contributed by atoms with Gasteiger partial charge in [-0.2, -0.15) is 0 Å². The number of benzene rings is 2. The molecule has 0 bridgehead atoms. The van der Waals surface area contributed by atoms with E-state index < -0.39 is 0 Å². The zero-order chi connectivity index (χ0) is 28.7. The summed E-state index contributed by atoms with van der Waals surface area (Å²) in [4.78, 5) is 17.7. The van der Waals surface area contributed by atoms with Gasteiger partial charge in [0.2, 0.25) is 5.78 Å². The Hall–Kier alpha value is -3.62. The number of hydrogen-bond donors (Lipinski definition) is 6. The van der Waals surface area contributed by atoms with Gasteiger partial charge < -0.3 is 31.3 Å². The molecule has 0 saturated carbocycles. The van der Waals surface area contributed by atoms with Crippen LogP contribution in [0.15, 0.2) is 76.1 Å². The first-order valence-corrected chi connectivity index (χ1v) is 14.4. The van der Waals surface area contributed by atoms with Crippen LogP contribution in [0.25, 0.3) is 0 Å². The predicted octanol–water partition coefficient (Wildman–Crippen LogP) is 6.49. The number of aliphatic hydroxyl groups is 3. The Kier molecular flexibility index (Phi) is 12.7. The molecule has 0 aliphatic heterocycles. The van der Waals surface area contributed by atoms with Crippen LogP contribution in [-0.2, 0) is 4.79 Å². The zero-order valence-corrected chi connectivity index (χ0v) is 23.8. The van der Waals surface area contributed by atoms with Gasteiger partial charge in [-0.15, -0.1) is 0 Å². The number of nitrogens with zero attached hydrogens (tertiary/aromatic N) is 1. The molecule has 1 aliphatic rings. The van der Waals surface area contributed by atoms with E-state index in [4.69, 9.17) is 10.2 Å². The Morgan fingerprint density at radius 1 is 0.650 bits per heavy atom. The number of carbonyl (C=O) groups is 1. The van der Waals surface area contributed by atoms with E-state index in [9.17, 15) is 9.90 Å². The first kappa shape index (κ1) is 30.9. The lowest BCUT2D eigenvalue weighted by Crippen LogP contribution is -2.26. The maximum Gasteiger partial charge on any atom is 0.211 e. The van der Waals surface area contributed by atoms with E-state index in [2.05, 4.69) is 20.9 Å². The van der Waals surface area contributed by atoms with E-state index in [1.54, 1.807) is 13.8 Å². The Labute approximate surface area is 237 Å². The van der Waals surface area contributed by atoms with Crippen LogP contribution in [0.4, 0.5) is 22.7 Å². The van der Waals surface area contributed by atoms with Crippen LogP contribution in [0.1, 0.15) is 65.2 Å². The van der Waals surface area contributed by atoms with E-state index in [0.29, 0.717) is 22.7 Å². The summed E-state index contributed by atoms with van der Waals surface area (Å²) in [5.74, 6) is -0.353. The monoisotopic (exact) mass is 548 g/mol. The van der Waals surface area contributed by atoms with Crippen LogP contribution in [0.2, 0.25) is 0 Å². The van der Waals surface area contributed by atoms with Crippen molar-refractivity contribution in [1.29, 1.82) is 0 Å². The van der Waals surface area contributed by atoms with Gasteiger partial charge in [0.05, 0.1) is 11.4 Å². The SMILES string of the molecule is CC1=C(O)C(Nc2ccc(NCCCCCCO)cc2)=C(C)C(=Nc2ccc(NCCCCCCO)cc2)C1=O. The molecule has 40 heavy (non-hydrogen) atoms. The van der Waals surface area contributed by atoms with Gasteiger partial charge in [-0.25, -0.2) is 4.99 Å². The number of rotatable bonds is 17. The minimum absolute atomic E-state index is 0.0648. The van der Waals surface area contributed by atoms with Gasteiger partial charge in [-0.1, -0.05) is 25.7 Å². The summed E-state index contributed by atoms with van der Waals surface area (Å²) in [6, 6.07) is 15.5. The van der Waals surface area contributed by atoms with Crippen molar-refractivity contribution in [3.05, 3.63) is 71.1 Å². The molecule has 216 valence electrons. The van der Waals surface area contributed by atoms with Crippen molar-refractivity contribution in [3.63, 3.8) is 0 Å². The summed E-state index contributed by atoms with van der Waals surface area (Å²) in [6.45, 7) is 5.64. The fourth-order valence-electron chi connectivity index (χ4n) is 4.47. The van der Waals surface area contributed by atoms with Gasteiger partial charge in [0, 0.05) is 54.5 Å². The van der Waals surface area contributed by atoms with Gasteiger partial charge in [-0.05, 0) is 88.1 Å². The molecule has 0 unspecified atom stereocenters. The van der Waals surface area contributed by atoms with Gasteiger partial charge in [0.15, 0.2) is 0 Å². The third-order valence-electron chi connectivity index (χ3n) is 6.97. The molecular formula is C32H44N4O4. The number of Topliss-reactive ketones (excluding diaryl/α,β-unsaturated/α-hetero) is 1. The highest BCUT2D eigenvalue weighted by Gasteiger charge is 2.29. The molecule has 2 aromatic carbocycles. The van der Waals surface area contributed by atoms with Crippen molar-refractivity contribution in [2.24, 2.45) is 4.99 Å². The van der Waals surface area contributed by atoms with E-state index in [0.717, 1.165) is 81.5 Å². The largest absolute Gasteiger partial charge is 0.505 e. The summed E-state index contributed by atoms with van der Waals surface area (Å²) in [7, 11) is 0. The summed E-state index contributed by atoms with van der Waals surface area (Å²) in [5.41, 5.74) is 5.08. The molecule has 2 aromatic rings. The standard InChI is InChI=1S/C32H44N4O4/c1-23-29(35-27-15-11-25(12-16-27)33-19-7-3-5-9-21-37)31(39)24(2)32(40)30(23)36-28-17-13-26(14-18-28)34-20-8-4-6-10-22-38/h11-18,33-35,37-39H,3-10,19-22H2,1-2H3. The molecule has 6 N–H and O–H groups in total. The molecule has 0 heterocycles. The zero-order valence-electron chi connectivity index (χ0n) is 23.8. The number of unbranched alkanes of at least 4 members (excludes halogenated alkanes) is 6. The van der Waals surface area contributed by atoms with E-state index in [1.165, 1.54) is 0 Å². The number of carbonyl (C=O) groups excluding carboxylic acids is 1. The normalized spacial score (nSPS) is 14.7. The molecule has 0 aromatic heterocycles. The molecule has 0 fully saturated rings. The number of ketones is 1. The Morgan fingerprint density at radius 2 is 1.12 bits per heavy atom. The number of nitrogens with one attached hydrogen (secondary N) is 3. The minimum Gasteiger partial charge on any atom is -0.505 e. The Bertz CT molecular complexity index is 1180. The van der Waals surface area contributed by atoms with Crippen LogP contribution in [0.5, 0.6) is 0 Å². The molecular weight excluding hydrogens is 504 g/mol. The van der Waals surface area contributed by atoms with Crippen LogP contribution in [-0.4, -0.2) is 53.1 Å². The second-order valence-corrected chi connectivity index (χ2v) is 10.1. The van der Waals surface area contributed by atoms with Crippen molar-refractivity contribution in [2.45, 2.75) is 65.2 Å². The topological polar surface area (TPSA) is 126 Å². The molecule has 1 aliphatic carbocycles. The van der Waals surface area contributed by atoms with Crippen LogP contribution in [0, 0.1) is 0 Å². The number of anilines is 3. The lowest BCUT2D eigenvalue weighted by molar-refractivity contribution is -0.109. The first-order valence-electron chi connectivity index (χ1n) is 14.4. The molecule has 8 nitrogen and oxygen atoms in total. The van der Waals surface area contributed by atoms with Crippen molar-refractivity contribution < 1.29 is 20.1 Å². The lowest BCUT2D eigenvalue weighted by atomic mass is 9.92. The third kappa shape index (κ3) is 9.24. The highest BCUT2D eigenvalue weighted by molar-refractivity contribution is 6.52. The second-order valence-electron chi connectivity index (χ2n) is 10.1. The van der Waals surface area contributed by atoms with Crippen molar-refractivity contribution in [3.8, 4) is 0 Å². The van der Waals surface area contributed by atoms with Crippen LogP contribution < -0.4 is 16.0 Å². The number of aliphatic imine (C=N–C) groups is 1. The smallest absolute Gasteiger partial charge is 0.211 e. The molecule has 0 spiro atoms. The molecule has 3 rings (SSSR count). The average Bonchev–Trinajstić information content (AvgIpc) is 2.97. The summed E-state index contributed by atoms with van der Waals surface area (Å²) in [5, 5.41) is 38.6. The summed E-state index contributed by atoms with van der Waals surface area (Å²) in [6.07, 6.45) is 8.03. The lowest BCUT2D eigenvalue weighted by Gasteiger charge is -2.22. The van der Waals surface area contributed by atoms with Crippen molar-refractivity contribution in [2.75, 3.05) is 42.3 Å². The minimum atomic E-state index is -0.288. The third-order valence-corrected chi connectivity index (χ3v) is 6.97. The van der Waals surface area contributed by atoms with E-state index >= 15 is 0 Å². The van der Waals surface area contributed by atoms with E-state index in [-0.39, 0.29) is 30.3 Å². The summed E-state index contributed by atoms with van der Waals surface area (Å²) < 4.78 is 0. The predicted molar refractivity (Wildman–Crippen MR) is 165 cm³/mol. The average molecular weight is 549 g/mol. The molecule has 0 amide bonds. The quantitative estimate of drug-likeness (QED) is 0.0985. The van der Waals surface area contributed by atoms with Crippen LogP contribution in [0.3, 0.4) is 0 Å². The maximum absolute atomic E-state index is 13.0. The number of allylic oxidation sites excluding steroid dienone is 2. The highest BCUT2D eigenvalue weighted by atomic mass is 16.3. The van der Waals surface area contributed by atoms with E-state index in [1.807, 2.05) is 48.5 Å². The molecule has 0 radical (unpaired) electrons. The fraction of sp³-hybridized carbons (Fsp3) is 0.438. The van der Waals surface area contributed by atoms with Crippen LogP contribution >= 0.6 is 0 Å². The van der Waals surface area contributed by atoms with Crippen molar-refractivity contribution >= 4 is 34.2 Å². The molecule has 0 atom stereocenters. The fourth-order valence-corrected chi connectivity index (χ4v) is 4.47. The van der Waals surface area contributed by atoms with Gasteiger partial charge in [-0.3, -0.25) is 4.79 Å².